The van der Waals surface area contributed by atoms with Crippen molar-refractivity contribution in [1.29, 1.82) is 0 Å². The van der Waals surface area contributed by atoms with E-state index < -0.39 is 17.7 Å². The number of benzene rings is 1. The van der Waals surface area contributed by atoms with Crippen molar-refractivity contribution in [3.05, 3.63) is 48.6 Å². The molecule has 8 nitrogen and oxygen atoms in total. The van der Waals surface area contributed by atoms with Crippen LogP contribution >= 0.6 is 0 Å². The lowest BCUT2D eigenvalue weighted by Crippen LogP contribution is -2.72. The Hall–Kier alpha value is -2.87. The van der Waals surface area contributed by atoms with E-state index in [1.807, 2.05) is 11.0 Å². The summed E-state index contributed by atoms with van der Waals surface area (Å²) in [6.45, 7) is 9.62. The Kier molecular flexibility index (Phi) is 10.8. The summed E-state index contributed by atoms with van der Waals surface area (Å²) in [5.74, 6) is 0.0261. The van der Waals surface area contributed by atoms with Gasteiger partial charge in [-0.1, -0.05) is 43.3 Å². The lowest BCUT2D eigenvalue weighted by Gasteiger charge is -2.51. The van der Waals surface area contributed by atoms with Gasteiger partial charge in [-0.3, -0.25) is 9.59 Å². The second kappa shape index (κ2) is 14.0. The minimum Gasteiger partial charge on any atom is -0.449 e. The smallest absolute Gasteiger partial charge is 0.407 e. The highest BCUT2D eigenvalue weighted by Gasteiger charge is 2.52. The number of hydrogen-bond acceptors (Lipinski definition) is 5. The molecule has 2 aliphatic heterocycles. The number of nitrogens with one attached hydrogen (secondary N) is 2. The fourth-order valence-corrected chi connectivity index (χ4v) is 5.14. The molecule has 1 aromatic carbocycles. The number of carbonyl (C=O) groups is 3. The minimum absolute atomic E-state index is 0.00724. The number of unbranched alkanes of at least 4 members (excludes halogenated alkanes) is 1. The second-order valence-electron chi connectivity index (χ2n) is 9.76. The molecule has 0 unspecified atom stereocenters. The van der Waals surface area contributed by atoms with Crippen LogP contribution in [0.1, 0.15) is 57.4 Å². The van der Waals surface area contributed by atoms with Gasteiger partial charge in [-0.2, -0.15) is 0 Å². The number of piperazine rings is 1. The highest BCUT2D eigenvalue weighted by atomic mass is 16.5. The van der Waals surface area contributed by atoms with E-state index in [0.717, 1.165) is 38.9 Å². The monoisotopic (exact) mass is 498 g/mol. The molecule has 0 bridgehead atoms. The molecule has 198 valence electrons. The molecule has 0 aromatic heterocycles. The molecule has 1 spiro atoms. The first kappa shape index (κ1) is 27.7. The van der Waals surface area contributed by atoms with E-state index in [9.17, 15) is 14.4 Å². The fourth-order valence-electron chi connectivity index (χ4n) is 5.14. The predicted molar refractivity (Wildman–Crippen MR) is 141 cm³/mol. The zero-order chi connectivity index (χ0) is 25.8. The summed E-state index contributed by atoms with van der Waals surface area (Å²) in [5.41, 5.74) is 0.586. The molecule has 0 aliphatic carbocycles. The number of ether oxygens (including phenoxy) is 1. The van der Waals surface area contributed by atoms with Gasteiger partial charge in [0.15, 0.2) is 0 Å². The minimum atomic E-state index is -0.733. The standard InChI is InChI=1S/C28H42N4O4/c1-3-5-22-36-27(35)29-17-10-9-13-24-25(33)32(18-4-2)28(26(34)30-24)15-20-31(21-16-28)19-14-23-11-7-6-8-12-23/h3,6-8,11-12,24H,1,4-5,9-10,13-22H2,2H3,(H,29,35)(H,30,34)/t24-/m0/s1. The normalized spacial score (nSPS) is 19.7. The Morgan fingerprint density at radius 3 is 2.64 bits per heavy atom. The van der Waals surface area contributed by atoms with E-state index in [0.29, 0.717) is 51.8 Å². The molecule has 2 heterocycles. The SMILES string of the molecule is C=CCCOC(=O)NCCCC[C@@H]1NC(=O)C2(CCN(CCc3ccccc3)CC2)N(CCC)C1=O. The second-order valence-corrected chi connectivity index (χ2v) is 9.76. The van der Waals surface area contributed by atoms with Crippen molar-refractivity contribution in [1.82, 2.24) is 20.4 Å². The third kappa shape index (κ3) is 7.32. The first-order valence-electron chi connectivity index (χ1n) is 13.4. The Bertz CT molecular complexity index is 868. The summed E-state index contributed by atoms with van der Waals surface area (Å²) in [5, 5.41) is 5.77. The van der Waals surface area contributed by atoms with Gasteiger partial charge in [0.05, 0.1) is 6.61 Å². The maximum Gasteiger partial charge on any atom is 0.407 e. The molecule has 1 atom stereocenters. The maximum atomic E-state index is 13.4. The van der Waals surface area contributed by atoms with E-state index in [4.69, 9.17) is 4.74 Å². The third-order valence-corrected chi connectivity index (χ3v) is 7.24. The zero-order valence-electron chi connectivity index (χ0n) is 21.7. The van der Waals surface area contributed by atoms with E-state index >= 15 is 0 Å². The topological polar surface area (TPSA) is 91.0 Å². The van der Waals surface area contributed by atoms with Gasteiger partial charge in [0.25, 0.3) is 0 Å². The van der Waals surface area contributed by atoms with Crippen LogP contribution in [0.25, 0.3) is 0 Å². The Morgan fingerprint density at radius 2 is 1.94 bits per heavy atom. The number of carbonyl (C=O) groups excluding carboxylic acids is 3. The molecule has 2 aliphatic rings. The summed E-state index contributed by atoms with van der Waals surface area (Å²) in [4.78, 5) is 42.7. The number of nitrogens with zero attached hydrogens (tertiary/aromatic N) is 2. The first-order chi connectivity index (χ1) is 17.5. The van der Waals surface area contributed by atoms with E-state index in [1.165, 1.54) is 5.56 Å². The molecule has 2 fully saturated rings. The number of piperidine rings is 1. The van der Waals surface area contributed by atoms with Crippen LogP contribution in [0.5, 0.6) is 0 Å². The Morgan fingerprint density at radius 1 is 1.19 bits per heavy atom. The van der Waals surface area contributed by atoms with E-state index in [-0.39, 0.29) is 11.8 Å². The average molecular weight is 499 g/mol. The van der Waals surface area contributed by atoms with Crippen molar-refractivity contribution in [2.24, 2.45) is 0 Å². The summed E-state index contributed by atoms with van der Waals surface area (Å²) in [7, 11) is 0. The van der Waals surface area contributed by atoms with Gasteiger partial charge in [0, 0.05) is 32.7 Å². The van der Waals surface area contributed by atoms with Gasteiger partial charge in [0.2, 0.25) is 11.8 Å². The molecule has 2 saturated heterocycles. The van der Waals surface area contributed by atoms with Gasteiger partial charge in [0.1, 0.15) is 11.6 Å². The number of amides is 3. The average Bonchev–Trinajstić information content (AvgIpc) is 2.89. The van der Waals surface area contributed by atoms with Crippen molar-refractivity contribution in [3.63, 3.8) is 0 Å². The number of hydrogen-bond donors (Lipinski definition) is 2. The molecule has 3 amide bonds. The van der Waals surface area contributed by atoms with Crippen LogP contribution in [-0.4, -0.2) is 78.6 Å². The summed E-state index contributed by atoms with van der Waals surface area (Å²) < 4.78 is 5.02. The first-order valence-corrected chi connectivity index (χ1v) is 13.4. The zero-order valence-corrected chi connectivity index (χ0v) is 21.7. The quantitative estimate of drug-likeness (QED) is 0.322. The number of rotatable bonds is 13. The fraction of sp³-hybridized carbons (Fsp3) is 0.607. The predicted octanol–water partition coefficient (Wildman–Crippen LogP) is 3.27. The maximum absolute atomic E-state index is 13.4. The molecule has 8 heteroatoms. The van der Waals surface area contributed by atoms with Gasteiger partial charge < -0.3 is 25.2 Å². The summed E-state index contributed by atoms with van der Waals surface area (Å²) in [6, 6.07) is 9.95. The van der Waals surface area contributed by atoms with Crippen molar-refractivity contribution in [2.75, 3.05) is 39.3 Å². The van der Waals surface area contributed by atoms with Crippen molar-refractivity contribution in [2.45, 2.75) is 69.9 Å². The van der Waals surface area contributed by atoms with Crippen molar-refractivity contribution in [3.8, 4) is 0 Å². The van der Waals surface area contributed by atoms with Crippen LogP contribution in [0, 0.1) is 0 Å². The van der Waals surface area contributed by atoms with E-state index in [2.05, 4.69) is 53.3 Å². The highest BCUT2D eigenvalue weighted by Crippen LogP contribution is 2.34. The number of alkyl carbamates (subject to hydrolysis) is 1. The molecule has 0 saturated carbocycles. The molecule has 2 N–H and O–H groups in total. The van der Waals surface area contributed by atoms with E-state index in [1.54, 1.807) is 6.08 Å². The molecular weight excluding hydrogens is 456 g/mol. The highest BCUT2D eigenvalue weighted by molar-refractivity contribution is 6.00. The van der Waals surface area contributed by atoms with Gasteiger partial charge in [-0.05, 0) is 56.9 Å². The molecular formula is C28H42N4O4. The molecule has 3 rings (SSSR count). The largest absolute Gasteiger partial charge is 0.449 e. The Balaban J connectivity index is 1.47. The van der Waals surface area contributed by atoms with Gasteiger partial charge in [-0.25, -0.2) is 4.79 Å². The number of likely N-dealkylation sites (tertiary alicyclic amines) is 1. The Labute approximate surface area is 215 Å². The van der Waals surface area contributed by atoms with Crippen molar-refractivity contribution < 1.29 is 19.1 Å². The summed E-state index contributed by atoms with van der Waals surface area (Å²) in [6.07, 6.45) is 7.04. The lowest BCUT2D eigenvalue weighted by atomic mass is 9.81. The molecule has 36 heavy (non-hydrogen) atoms. The van der Waals surface area contributed by atoms with Crippen LogP contribution in [0.2, 0.25) is 0 Å². The molecule has 1 aromatic rings. The summed E-state index contributed by atoms with van der Waals surface area (Å²) >= 11 is 0. The van der Waals surface area contributed by atoms with Crippen LogP contribution in [0.15, 0.2) is 43.0 Å². The van der Waals surface area contributed by atoms with Crippen molar-refractivity contribution >= 4 is 17.9 Å². The third-order valence-electron chi connectivity index (χ3n) is 7.24. The lowest BCUT2D eigenvalue weighted by molar-refractivity contribution is -0.161. The van der Waals surface area contributed by atoms with Crippen LogP contribution in [0.4, 0.5) is 4.79 Å². The van der Waals surface area contributed by atoms with Gasteiger partial charge >= 0.3 is 6.09 Å². The molecule has 0 radical (unpaired) electrons. The van der Waals surface area contributed by atoms with Crippen LogP contribution in [0.3, 0.4) is 0 Å². The van der Waals surface area contributed by atoms with Crippen LogP contribution < -0.4 is 10.6 Å². The van der Waals surface area contributed by atoms with Gasteiger partial charge in [-0.15, -0.1) is 6.58 Å². The van der Waals surface area contributed by atoms with Crippen LogP contribution in [-0.2, 0) is 20.7 Å².